The van der Waals surface area contributed by atoms with Gasteiger partial charge in [0.05, 0.1) is 6.54 Å². The van der Waals surface area contributed by atoms with E-state index in [0.717, 1.165) is 4.47 Å². The lowest BCUT2D eigenvalue weighted by molar-refractivity contribution is -0.128. The Morgan fingerprint density at radius 1 is 1.19 bits per heavy atom. The fraction of sp³-hybridized carbons (Fsp3) is 0.357. The van der Waals surface area contributed by atoms with Crippen LogP contribution in [0.5, 0.6) is 0 Å². The molecule has 0 saturated carbocycles. The van der Waals surface area contributed by atoms with Crippen molar-refractivity contribution in [2.24, 2.45) is 0 Å². The van der Waals surface area contributed by atoms with Crippen LogP contribution in [0, 0.1) is 0 Å². The van der Waals surface area contributed by atoms with E-state index < -0.39 is 0 Å². The molecule has 0 atom stereocenters. The maximum Gasteiger partial charge on any atom is 0.251 e. The van der Waals surface area contributed by atoms with Crippen LogP contribution in [0.4, 0.5) is 0 Å². The molecule has 0 aliphatic carbocycles. The van der Waals surface area contributed by atoms with E-state index in [9.17, 15) is 14.4 Å². The Balaban J connectivity index is 2.30. The summed E-state index contributed by atoms with van der Waals surface area (Å²) in [7, 11) is 3.31. The molecule has 3 amide bonds. The van der Waals surface area contributed by atoms with Crippen molar-refractivity contribution in [2.75, 3.05) is 27.2 Å². The van der Waals surface area contributed by atoms with Gasteiger partial charge in [-0.2, -0.15) is 0 Å². The van der Waals surface area contributed by atoms with Gasteiger partial charge < -0.3 is 15.5 Å². The van der Waals surface area contributed by atoms with Crippen molar-refractivity contribution in [3.8, 4) is 0 Å². The van der Waals surface area contributed by atoms with Crippen molar-refractivity contribution in [1.82, 2.24) is 15.5 Å². The van der Waals surface area contributed by atoms with Gasteiger partial charge in [-0.3, -0.25) is 14.4 Å². The smallest absolute Gasteiger partial charge is 0.251 e. The quantitative estimate of drug-likeness (QED) is 0.791. The van der Waals surface area contributed by atoms with Crippen LogP contribution in [-0.2, 0) is 9.59 Å². The van der Waals surface area contributed by atoms with Crippen molar-refractivity contribution >= 4 is 33.7 Å². The number of nitrogens with zero attached hydrogens (tertiary/aromatic N) is 1. The number of benzene rings is 1. The summed E-state index contributed by atoms with van der Waals surface area (Å²) in [6, 6.07) is 6.88. The van der Waals surface area contributed by atoms with E-state index in [-0.39, 0.29) is 37.2 Å². The lowest BCUT2D eigenvalue weighted by Gasteiger charge is -2.10. The molecule has 1 aromatic rings. The number of halogens is 1. The molecule has 6 nitrogen and oxygen atoms in total. The second-order valence-corrected chi connectivity index (χ2v) is 5.50. The third-order valence-electron chi connectivity index (χ3n) is 2.66. The fourth-order valence-electron chi connectivity index (χ4n) is 1.49. The van der Waals surface area contributed by atoms with Crippen LogP contribution in [0.2, 0.25) is 0 Å². The highest BCUT2D eigenvalue weighted by molar-refractivity contribution is 9.10. The average molecular weight is 356 g/mol. The van der Waals surface area contributed by atoms with Gasteiger partial charge in [-0.1, -0.05) is 22.0 Å². The fourth-order valence-corrected chi connectivity index (χ4v) is 1.89. The van der Waals surface area contributed by atoms with Gasteiger partial charge in [-0.15, -0.1) is 0 Å². The van der Waals surface area contributed by atoms with Crippen LogP contribution in [0.25, 0.3) is 0 Å². The van der Waals surface area contributed by atoms with E-state index in [1.807, 2.05) is 6.07 Å². The van der Waals surface area contributed by atoms with Crippen molar-refractivity contribution < 1.29 is 14.4 Å². The molecule has 0 unspecified atom stereocenters. The summed E-state index contributed by atoms with van der Waals surface area (Å²) in [6.45, 7) is 0.129. The van der Waals surface area contributed by atoms with Crippen LogP contribution in [0.3, 0.4) is 0 Å². The van der Waals surface area contributed by atoms with Crippen molar-refractivity contribution in [3.63, 3.8) is 0 Å². The van der Waals surface area contributed by atoms with Gasteiger partial charge in [0.2, 0.25) is 11.8 Å². The molecule has 114 valence electrons. The SMILES string of the molecule is CN(C)C(=O)CCNC(=O)CNC(=O)c1cccc(Br)c1. The molecule has 21 heavy (non-hydrogen) atoms. The zero-order valence-corrected chi connectivity index (χ0v) is 13.6. The van der Waals surface area contributed by atoms with Gasteiger partial charge in [0.15, 0.2) is 0 Å². The van der Waals surface area contributed by atoms with Crippen LogP contribution in [0.1, 0.15) is 16.8 Å². The third kappa shape index (κ3) is 6.40. The Bertz CT molecular complexity index is 532. The monoisotopic (exact) mass is 355 g/mol. The van der Waals surface area contributed by atoms with E-state index in [4.69, 9.17) is 0 Å². The van der Waals surface area contributed by atoms with Crippen LogP contribution in [0.15, 0.2) is 28.7 Å². The molecule has 0 saturated heterocycles. The van der Waals surface area contributed by atoms with Gasteiger partial charge >= 0.3 is 0 Å². The maximum atomic E-state index is 11.8. The lowest BCUT2D eigenvalue weighted by atomic mass is 10.2. The van der Waals surface area contributed by atoms with E-state index in [1.54, 1.807) is 32.3 Å². The Morgan fingerprint density at radius 3 is 2.52 bits per heavy atom. The summed E-state index contributed by atoms with van der Waals surface area (Å²) < 4.78 is 0.793. The number of hydrogen-bond donors (Lipinski definition) is 2. The molecule has 1 aromatic carbocycles. The minimum atomic E-state index is -0.329. The highest BCUT2D eigenvalue weighted by atomic mass is 79.9. The van der Waals surface area contributed by atoms with Crippen LogP contribution in [-0.4, -0.2) is 49.8 Å². The zero-order chi connectivity index (χ0) is 15.8. The molecular weight excluding hydrogens is 338 g/mol. The average Bonchev–Trinajstić information content (AvgIpc) is 2.44. The van der Waals surface area contributed by atoms with Gasteiger partial charge in [0, 0.05) is 37.1 Å². The number of carbonyl (C=O) groups is 3. The highest BCUT2D eigenvalue weighted by Gasteiger charge is 2.09. The summed E-state index contributed by atoms with van der Waals surface area (Å²) in [4.78, 5) is 36.1. The topological polar surface area (TPSA) is 78.5 Å². The first-order valence-electron chi connectivity index (χ1n) is 6.40. The van der Waals surface area contributed by atoms with Gasteiger partial charge in [0.25, 0.3) is 5.91 Å². The zero-order valence-electron chi connectivity index (χ0n) is 12.0. The lowest BCUT2D eigenvalue weighted by Crippen LogP contribution is -2.38. The van der Waals surface area contributed by atoms with E-state index >= 15 is 0 Å². The Morgan fingerprint density at radius 2 is 1.90 bits per heavy atom. The molecule has 0 aromatic heterocycles. The maximum absolute atomic E-state index is 11.8. The molecular formula is C14H18BrN3O3. The second-order valence-electron chi connectivity index (χ2n) is 4.58. The Labute approximate surface area is 132 Å². The van der Waals surface area contributed by atoms with Gasteiger partial charge in [0.1, 0.15) is 0 Å². The van der Waals surface area contributed by atoms with Gasteiger partial charge in [-0.25, -0.2) is 0 Å². The number of hydrogen-bond acceptors (Lipinski definition) is 3. The van der Waals surface area contributed by atoms with Crippen LogP contribution < -0.4 is 10.6 Å². The normalized spacial score (nSPS) is 9.86. The van der Waals surface area contributed by atoms with Crippen molar-refractivity contribution in [2.45, 2.75) is 6.42 Å². The Hall–Kier alpha value is -1.89. The number of nitrogens with one attached hydrogen (secondary N) is 2. The van der Waals surface area contributed by atoms with E-state index in [1.165, 1.54) is 4.90 Å². The molecule has 0 radical (unpaired) electrons. The molecule has 0 heterocycles. The first-order valence-corrected chi connectivity index (χ1v) is 7.20. The highest BCUT2D eigenvalue weighted by Crippen LogP contribution is 2.11. The summed E-state index contributed by atoms with van der Waals surface area (Å²) in [5.41, 5.74) is 0.472. The molecule has 0 aliphatic heterocycles. The first-order chi connectivity index (χ1) is 9.90. The summed E-state index contributed by atoms with van der Waals surface area (Å²) in [5.74, 6) is -0.714. The Kier molecular flexibility index (Phi) is 6.87. The molecule has 7 heteroatoms. The summed E-state index contributed by atoms with van der Waals surface area (Å²) in [6.07, 6.45) is 0.234. The first kappa shape index (κ1) is 17.2. The molecule has 0 spiro atoms. The largest absolute Gasteiger partial charge is 0.354 e. The summed E-state index contributed by atoms with van der Waals surface area (Å²) in [5, 5.41) is 5.10. The predicted octanol–water partition coefficient (Wildman–Crippen LogP) is 0.773. The summed E-state index contributed by atoms with van der Waals surface area (Å²) >= 11 is 3.27. The molecule has 0 aliphatic rings. The standard InChI is InChI=1S/C14H18BrN3O3/c1-18(2)13(20)6-7-16-12(19)9-17-14(21)10-4-3-5-11(15)8-10/h3-5,8H,6-7,9H2,1-2H3,(H,16,19)(H,17,21). The second kappa shape index (κ2) is 8.41. The molecule has 0 fully saturated rings. The molecule has 0 bridgehead atoms. The number of rotatable bonds is 6. The van der Waals surface area contributed by atoms with E-state index in [0.29, 0.717) is 5.56 Å². The minimum Gasteiger partial charge on any atom is -0.354 e. The van der Waals surface area contributed by atoms with Crippen molar-refractivity contribution in [3.05, 3.63) is 34.3 Å². The predicted molar refractivity (Wildman–Crippen MR) is 82.8 cm³/mol. The van der Waals surface area contributed by atoms with Crippen LogP contribution >= 0.6 is 15.9 Å². The third-order valence-corrected chi connectivity index (χ3v) is 3.15. The van der Waals surface area contributed by atoms with Gasteiger partial charge in [-0.05, 0) is 18.2 Å². The number of carbonyl (C=O) groups excluding carboxylic acids is 3. The molecule has 1 rings (SSSR count). The molecule has 2 N–H and O–H groups in total. The number of amides is 3. The van der Waals surface area contributed by atoms with E-state index in [2.05, 4.69) is 26.6 Å². The minimum absolute atomic E-state index is 0.0616. The van der Waals surface area contributed by atoms with Crippen molar-refractivity contribution in [1.29, 1.82) is 0 Å².